The Hall–Kier alpha value is -0.680. The molecule has 1 aliphatic heterocycles. The van der Waals surface area contributed by atoms with Crippen LogP contribution in [0.25, 0.3) is 0 Å². The third kappa shape index (κ3) is 5.14. The van der Waals surface area contributed by atoms with Gasteiger partial charge in [0.2, 0.25) is 6.54 Å². The minimum absolute atomic E-state index is 0.0853. The summed E-state index contributed by atoms with van der Waals surface area (Å²) < 4.78 is 10.7. The van der Waals surface area contributed by atoms with Gasteiger partial charge in [-0.3, -0.25) is 10.1 Å². The summed E-state index contributed by atoms with van der Waals surface area (Å²) in [7, 11) is 0. The number of hydrogen-bond acceptors (Lipinski definition) is 4. The highest BCUT2D eigenvalue weighted by Crippen LogP contribution is 2.10. The van der Waals surface area contributed by atoms with Gasteiger partial charge in [0.1, 0.15) is 0 Å². The number of nitrogens with zero attached hydrogens (tertiary/aromatic N) is 1. The van der Waals surface area contributed by atoms with Crippen molar-refractivity contribution in [2.75, 3.05) is 26.4 Å². The van der Waals surface area contributed by atoms with Crippen molar-refractivity contribution >= 4 is 0 Å². The van der Waals surface area contributed by atoms with E-state index >= 15 is 0 Å². The van der Waals surface area contributed by atoms with Crippen molar-refractivity contribution < 1.29 is 14.4 Å². The molecule has 1 fully saturated rings. The maximum absolute atomic E-state index is 10.0. The highest BCUT2D eigenvalue weighted by Gasteiger charge is 2.13. The molecule has 1 heterocycles. The van der Waals surface area contributed by atoms with Crippen LogP contribution in [0.15, 0.2) is 0 Å². The van der Waals surface area contributed by atoms with E-state index in [9.17, 15) is 10.1 Å². The smallest absolute Gasteiger partial charge is 0.203 e. The van der Waals surface area contributed by atoms with E-state index in [0.29, 0.717) is 26.2 Å². The van der Waals surface area contributed by atoms with Crippen molar-refractivity contribution in [3.8, 4) is 0 Å². The highest BCUT2D eigenvalue weighted by atomic mass is 16.6. The standard InChI is InChI=1S/C9H17NO4/c11-10(12)5-3-1-2-4-9-8-13-6-7-14-9/h9H,1-8H2. The van der Waals surface area contributed by atoms with Gasteiger partial charge in [0.25, 0.3) is 0 Å². The lowest BCUT2D eigenvalue weighted by atomic mass is 10.1. The highest BCUT2D eigenvalue weighted by molar-refractivity contribution is 4.60. The molecule has 0 aromatic carbocycles. The van der Waals surface area contributed by atoms with Crippen molar-refractivity contribution in [1.29, 1.82) is 0 Å². The van der Waals surface area contributed by atoms with E-state index in [0.717, 1.165) is 19.3 Å². The first kappa shape index (κ1) is 11.4. The van der Waals surface area contributed by atoms with Crippen molar-refractivity contribution in [1.82, 2.24) is 0 Å². The summed E-state index contributed by atoms with van der Waals surface area (Å²) in [6, 6.07) is 0. The molecule has 0 N–H and O–H groups in total. The first-order valence-electron chi connectivity index (χ1n) is 5.10. The summed E-state index contributed by atoms with van der Waals surface area (Å²) in [6.07, 6.45) is 3.72. The van der Waals surface area contributed by atoms with Crippen LogP contribution >= 0.6 is 0 Å². The third-order valence-electron chi connectivity index (χ3n) is 2.25. The lowest BCUT2D eigenvalue weighted by Crippen LogP contribution is -2.28. The number of rotatable bonds is 6. The first-order chi connectivity index (χ1) is 6.79. The second-order valence-corrected chi connectivity index (χ2v) is 3.47. The molecule has 5 heteroatoms. The van der Waals surface area contributed by atoms with Crippen molar-refractivity contribution in [3.05, 3.63) is 10.1 Å². The molecule has 82 valence electrons. The van der Waals surface area contributed by atoms with Gasteiger partial charge in [0.05, 0.1) is 25.9 Å². The second-order valence-electron chi connectivity index (χ2n) is 3.47. The van der Waals surface area contributed by atoms with Gasteiger partial charge in [0.15, 0.2) is 0 Å². The summed E-state index contributed by atoms with van der Waals surface area (Å²) in [4.78, 5) is 9.76. The van der Waals surface area contributed by atoms with Crippen LogP contribution in [0.1, 0.15) is 25.7 Å². The SMILES string of the molecule is O=[N+]([O-])CCCCCC1COCCO1. The maximum atomic E-state index is 10.0. The van der Waals surface area contributed by atoms with Crippen molar-refractivity contribution in [2.45, 2.75) is 31.8 Å². The molecule has 14 heavy (non-hydrogen) atoms. The molecular formula is C9H17NO4. The zero-order chi connectivity index (χ0) is 10.2. The predicted molar refractivity (Wildman–Crippen MR) is 50.9 cm³/mol. The van der Waals surface area contributed by atoms with Gasteiger partial charge in [-0.1, -0.05) is 6.42 Å². The minimum atomic E-state index is -0.264. The molecule has 1 atom stereocenters. The van der Waals surface area contributed by atoms with E-state index in [1.54, 1.807) is 0 Å². The van der Waals surface area contributed by atoms with Crippen LogP contribution in [0.4, 0.5) is 0 Å². The van der Waals surface area contributed by atoms with Gasteiger partial charge in [-0.25, -0.2) is 0 Å². The van der Waals surface area contributed by atoms with Crippen LogP contribution in [-0.4, -0.2) is 37.4 Å². The molecule has 5 nitrogen and oxygen atoms in total. The van der Waals surface area contributed by atoms with Crippen LogP contribution in [0.3, 0.4) is 0 Å². The van der Waals surface area contributed by atoms with Gasteiger partial charge in [-0.15, -0.1) is 0 Å². The lowest BCUT2D eigenvalue weighted by Gasteiger charge is -2.22. The molecule has 1 unspecified atom stereocenters. The molecule has 1 aliphatic rings. The lowest BCUT2D eigenvalue weighted by molar-refractivity contribution is -0.480. The summed E-state index contributed by atoms with van der Waals surface area (Å²) in [5.41, 5.74) is 0. The zero-order valence-corrected chi connectivity index (χ0v) is 8.31. The van der Waals surface area contributed by atoms with Crippen molar-refractivity contribution in [2.24, 2.45) is 0 Å². The average Bonchev–Trinajstić information content (AvgIpc) is 2.18. The van der Waals surface area contributed by atoms with Crippen LogP contribution in [0.5, 0.6) is 0 Å². The zero-order valence-electron chi connectivity index (χ0n) is 8.31. The molecule has 0 amide bonds. The number of hydrogen-bond donors (Lipinski definition) is 0. The van der Waals surface area contributed by atoms with Crippen LogP contribution in [0, 0.1) is 10.1 Å². The molecule has 0 aromatic rings. The third-order valence-corrected chi connectivity index (χ3v) is 2.25. The Bertz CT molecular complexity index is 168. The van der Waals surface area contributed by atoms with E-state index in [1.165, 1.54) is 0 Å². The van der Waals surface area contributed by atoms with Gasteiger partial charge in [0, 0.05) is 11.3 Å². The summed E-state index contributed by atoms with van der Waals surface area (Å²) in [5, 5.41) is 10.0. The van der Waals surface area contributed by atoms with Gasteiger partial charge < -0.3 is 9.47 Å². The Labute approximate surface area is 83.5 Å². The molecule has 1 saturated heterocycles. The number of unbranched alkanes of at least 4 members (excludes halogenated alkanes) is 2. The summed E-state index contributed by atoms with van der Waals surface area (Å²) in [5.74, 6) is 0. The molecule has 0 aliphatic carbocycles. The van der Waals surface area contributed by atoms with E-state index in [1.807, 2.05) is 0 Å². The molecule has 0 aromatic heterocycles. The summed E-state index contributed by atoms with van der Waals surface area (Å²) >= 11 is 0. The Morgan fingerprint density at radius 1 is 1.29 bits per heavy atom. The molecule has 0 saturated carbocycles. The topological polar surface area (TPSA) is 61.6 Å². The van der Waals surface area contributed by atoms with E-state index < -0.39 is 0 Å². The quantitative estimate of drug-likeness (QED) is 0.370. The fraction of sp³-hybridized carbons (Fsp3) is 1.00. The van der Waals surface area contributed by atoms with E-state index in [4.69, 9.17) is 9.47 Å². The fourth-order valence-electron chi connectivity index (χ4n) is 1.49. The average molecular weight is 203 g/mol. The number of ether oxygens (including phenoxy) is 2. The van der Waals surface area contributed by atoms with Crippen LogP contribution in [0.2, 0.25) is 0 Å². The molecule has 0 radical (unpaired) electrons. The van der Waals surface area contributed by atoms with Crippen molar-refractivity contribution in [3.63, 3.8) is 0 Å². The Morgan fingerprint density at radius 3 is 2.79 bits per heavy atom. The monoisotopic (exact) mass is 203 g/mol. The molecule has 1 rings (SSSR count). The molecular weight excluding hydrogens is 186 g/mol. The van der Waals surface area contributed by atoms with Crippen LogP contribution < -0.4 is 0 Å². The molecule has 0 bridgehead atoms. The second kappa shape index (κ2) is 6.73. The fourth-order valence-corrected chi connectivity index (χ4v) is 1.49. The summed E-state index contributed by atoms with van der Waals surface area (Å²) in [6.45, 7) is 2.13. The Kier molecular flexibility index (Phi) is 5.47. The largest absolute Gasteiger partial charge is 0.376 e. The van der Waals surface area contributed by atoms with Gasteiger partial charge in [-0.2, -0.15) is 0 Å². The van der Waals surface area contributed by atoms with E-state index in [2.05, 4.69) is 0 Å². The van der Waals surface area contributed by atoms with Crippen LogP contribution in [-0.2, 0) is 9.47 Å². The van der Waals surface area contributed by atoms with E-state index in [-0.39, 0.29) is 17.6 Å². The Balaban J connectivity index is 1.90. The maximum Gasteiger partial charge on any atom is 0.203 e. The predicted octanol–water partition coefficient (Wildman–Crippen LogP) is 1.24. The first-order valence-corrected chi connectivity index (χ1v) is 5.10. The van der Waals surface area contributed by atoms with Gasteiger partial charge in [-0.05, 0) is 12.8 Å². The number of nitro groups is 1. The minimum Gasteiger partial charge on any atom is -0.376 e. The van der Waals surface area contributed by atoms with Gasteiger partial charge >= 0.3 is 0 Å². The Morgan fingerprint density at radius 2 is 2.14 bits per heavy atom. The molecule has 0 spiro atoms. The normalized spacial score (nSPS) is 22.1.